The number of hydrogen-bond donors (Lipinski definition) is 1. The third-order valence-corrected chi connectivity index (χ3v) is 3.87. The van der Waals surface area contributed by atoms with E-state index in [1.54, 1.807) is 26.3 Å². The molecule has 0 aliphatic heterocycles. The minimum atomic E-state index is -0.342. The SMILES string of the molecule is CCOC(=O)CNc1c(-c2ccccc2OC)nc2ccc(Cl)cn12. The number of carbonyl (C=O) groups is 1. The van der Waals surface area contributed by atoms with E-state index in [1.165, 1.54) is 0 Å². The molecule has 25 heavy (non-hydrogen) atoms. The van der Waals surface area contributed by atoms with Gasteiger partial charge in [-0.3, -0.25) is 9.20 Å². The molecular formula is C18H18ClN3O3. The first kappa shape index (κ1) is 17.1. The van der Waals surface area contributed by atoms with Gasteiger partial charge in [-0.2, -0.15) is 0 Å². The number of nitrogens with one attached hydrogen (secondary N) is 1. The molecule has 0 saturated heterocycles. The molecule has 0 saturated carbocycles. The van der Waals surface area contributed by atoms with E-state index in [0.29, 0.717) is 34.5 Å². The van der Waals surface area contributed by atoms with Gasteiger partial charge in [-0.1, -0.05) is 23.7 Å². The van der Waals surface area contributed by atoms with Gasteiger partial charge in [0.05, 0.1) is 18.7 Å². The molecule has 0 atom stereocenters. The molecule has 0 unspecified atom stereocenters. The van der Waals surface area contributed by atoms with E-state index in [1.807, 2.05) is 34.7 Å². The van der Waals surface area contributed by atoms with E-state index in [0.717, 1.165) is 5.56 Å². The van der Waals surface area contributed by atoms with E-state index in [9.17, 15) is 4.79 Å². The van der Waals surface area contributed by atoms with Crippen LogP contribution in [0, 0.1) is 0 Å². The summed E-state index contributed by atoms with van der Waals surface area (Å²) in [6.07, 6.45) is 1.75. The topological polar surface area (TPSA) is 64.9 Å². The minimum Gasteiger partial charge on any atom is -0.496 e. The fourth-order valence-electron chi connectivity index (χ4n) is 2.58. The monoisotopic (exact) mass is 359 g/mol. The van der Waals surface area contributed by atoms with Gasteiger partial charge in [-0.25, -0.2) is 4.98 Å². The Labute approximate surface area is 150 Å². The number of imidazole rings is 1. The molecule has 130 valence electrons. The van der Waals surface area contributed by atoms with Gasteiger partial charge in [0.25, 0.3) is 0 Å². The Hall–Kier alpha value is -2.73. The molecule has 6 nitrogen and oxygen atoms in total. The fourth-order valence-corrected chi connectivity index (χ4v) is 2.74. The highest BCUT2D eigenvalue weighted by atomic mass is 35.5. The van der Waals surface area contributed by atoms with Crippen LogP contribution in [0.4, 0.5) is 5.82 Å². The molecule has 2 aromatic heterocycles. The normalized spacial score (nSPS) is 10.7. The van der Waals surface area contributed by atoms with E-state index >= 15 is 0 Å². The molecule has 1 aromatic carbocycles. The van der Waals surface area contributed by atoms with Crippen LogP contribution in [-0.4, -0.2) is 35.6 Å². The van der Waals surface area contributed by atoms with Crippen molar-refractivity contribution >= 4 is 29.0 Å². The fraction of sp³-hybridized carbons (Fsp3) is 0.222. The van der Waals surface area contributed by atoms with Crippen molar-refractivity contribution in [2.24, 2.45) is 0 Å². The van der Waals surface area contributed by atoms with E-state index < -0.39 is 0 Å². The number of para-hydroxylation sites is 1. The van der Waals surface area contributed by atoms with Gasteiger partial charge >= 0.3 is 5.97 Å². The van der Waals surface area contributed by atoms with Gasteiger partial charge in [0, 0.05) is 11.8 Å². The van der Waals surface area contributed by atoms with E-state index in [2.05, 4.69) is 10.3 Å². The maximum Gasteiger partial charge on any atom is 0.325 e. The summed E-state index contributed by atoms with van der Waals surface area (Å²) in [4.78, 5) is 16.4. The molecule has 1 N–H and O–H groups in total. The number of hydrogen-bond acceptors (Lipinski definition) is 5. The molecule has 0 aliphatic rings. The van der Waals surface area contributed by atoms with Crippen LogP contribution in [0.5, 0.6) is 5.75 Å². The number of anilines is 1. The first-order chi connectivity index (χ1) is 12.1. The Morgan fingerprint density at radius 3 is 2.84 bits per heavy atom. The lowest BCUT2D eigenvalue weighted by Gasteiger charge is -2.10. The third kappa shape index (κ3) is 3.53. The summed E-state index contributed by atoms with van der Waals surface area (Å²) in [6, 6.07) is 11.2. The second-order valence-corrected chi connectivity index (χ2v) is 5.68. The second kappa shape index (κ2) is 7.44. The van der Waals surface area contributed by atoms with Gasteiger partial charge < -0.3 is 14.8 Å². The summed E-state index contributed by atoms with van der Waals surface area (Å²) in [5, 5.41) is 3.68. The number of nitrogens with zero attached hydrogens (tertiary/aromatic N) is 2. The Balaban J connectivity index is 2.10. The largest absolute Gasteiger partial charge is 0.496 e. The van der Waals surface area contributed by atoms with Crippen molar-refractivity contribution in [2.45, 2.75) is 6.92 Å². The number of ether oxygens (including phenoxy) is 2. The van der Waals surface area contributed by atoms with Crippen LogP contribution in [0.15, 0.2) is 42.6 Å². The van der Waals surface area contributed by atoms with Crippen LogP contribution >= 0.6 is 11.6 Å². The molecule has 0 radical (unpaired) electrons. The predicted octanol–water partition coefficient (Wildman–Crippen LogP) is 3.64. The molecule has 3 rings (SSSR count). The van der Waals surface area contributed by atoms with Crippen molar-refractivity contribution in [3.63, 3.8) is 0 Å². The molecule has 0 aliphatic carbocycles. The molecule has 0 amide bonds. The van der Waals surface area contributed by atoms with Crippen LogP contribution < -0.4 is 10.1 Å². The zero-order chi connectivity index (χ0) is 17.8. The minimum absolute atomic E-state index is 0.0241. The van der Waals surface area contributed by atoms with Crippen LogP contribution in [-0.2, 0) is 9.53 Å². The van der Waals surface area contributed by atoms with Gasteiger partial charge in [0.1, 0.15) is 29.5 Å². The maximum atomic E-state index is 11.7. The number of pyridine rings is 1. The van der Waals surface area contributed by atoms with E-state index in [4.69, 9.17) is 21.1 Å². The average molecular weight is 360 g/mol. The number of fused-ring (bicyclic) bond motifs is 1. The summed E-state index contributed by atoms with van der Waals surface area (Å²) >= 11 is 6.12. The van der Waals surface area contributed by atoms with Crippen LogP contribution in [0.3, 0.4) is 0 Å². The van der Waals surface area contributed by atoms with Crippen molar-refractivity contribution in [1.29, 1.82) is 0 Å². The smallest absolute Gasteiger partial charge is 0.325 e. The third-order valence-electron chi connectivity index (χ3n) is 3.65. The number of aromatic nitrogens is 2. The van der Waals surface area contributed by atoms with Gasteiger partial charge in [0.15, 0.2) is 0 Å². The number of esters is 1. The molecule has 7 heteroatoms. The number of rotatable bonds is 6. The molecule has 2 heterocycles. The molecule has 3 aromatic rings. The highest BCUT2D eigenvalue weighted by Gasteiger charge is 2.18. The summed E-state index contributed by atoms with van der Waals surface area (Å²) < 4.78 is 12.2. The highest BCUT2D eigenvalue weighted by molar-refractivity contribution is 6.30. The van der Waals surface area contributed by atoms with Gasteiger partial charge in [-0.05, 0) is 31.2 Å². The summed E-state index contributed by atoms with van der Waals surface area (Å²) in [5.41, 5.74) is 2.19. The van der Waals surface area contributed by atoms with Crippen molar-refractivity contribution in [2.75, 3.05) is 25.6 Å². The van der Waals surface area contributed by atoms with Crippen LogP contribution in [0.2, 0.25) is 5.02 Å². The number of halogens is 1. The standard InChI is InChI=1S/C18H18ClN3O3/c1-3-25-16(23)10-20-18-17(13-6-4-5-7-14(13)24-2)21-15-9-8-12(19)11-22(15)18/h4-9,11,20H,3,10H2,1-2H3. The Morgan fingerprint density at radius 1 is 1.28 bits per heavy atom. The van der Waals surface area contributed by atoms with Gasteiger partial charge in [0.2, 0.25) is 0 Å². The number of methoxy groups -OCH3 is 1. The number of benzene rings is 1. The molecular weight excluding hydrogens is 342 g/mol. The quantitative estimate of drug-likeness (QED) is 0.681. The lowest BCUT2D eigenvalue weighted by atomic mass is 10.1. The Morgan fingerprint density at radius 2 is 2.08 bits per heavy atom. The summed E-state index contributed by atoms with van der Waals surface area (Å²) in [7, 11) is 1.61. The summed E-state index contributed by atoms with van der Waals surface area (Å²) in [5.74, 6) is 0.997. The van der Waals surface area contributed by atoms with Gasteiger partial charge in [-0.15, -0.1) is 0 Å². The highest BCUT2D eigenvalue weighted by Crippen LogP contribution is 2.35. The summed E-state index contributed by atoms with van der Waals surface area (Å²) in [6.45, 7) is 2.13. The van der Waals surface area contributed by atoms with Crippen molar-refractivity contribution in [3.05, 3.63) is 47.6 Å². The Bertz CT molecular complexity index is 908. The lowest BCUT2D eigenvalue weighted by molar-refractivity contribution is -0.140. The lowest BCUT2D eigenvalue weighted by Crippen LogP contribution is -2.18. The van der Waals surface area contributed by atoms with Crippen molar-refractivity contribution in [3.8, 4) is 17.0 Å². The van der Waals surface area contributed by atoms with Crippen molar-refractivity contribution in [1.82, 2.24) is 9.38 Å². The zero-order valence-electron chi connectivity index (χ0n) is 14.0. The predicted molar refractivity (Wildman–Crippen MR) is 97.3 cm³/mol. The zero-order valence-corrected chi connectivity index (χ0v) is 14.7. The average Bonchev–Trinajstić information content (AvgIpc) is 2.97. The van der Waals surface area contributed by atoms with Crippen LogP contribution in [0.1, 0.15) is 6.92 Å². The molecule has 0 spiro atoms. The second-order valence-electron chi connectivity index (χ2n) is 5.24. The first-order valence-corrected chi connectivity index (χ1v) is 8.22. The van der Waals surface area contributed by atoms with Crippen molar-refractivity contribution < 1.29 is 14.3 Å². The number of carbonyl (C=O) groups excluding carboxylic acids is 1. The maximum absolute atomic E-state index is 11.7. The molecule has 0 bridgehead atoms. The van der Waals surface area contributed by atoms with E-state index in [-0.39, 0.29) is 12.5 Å². The molecule has 0 fully saturated rings. The van der Waals surface area contributed by atoms with Crippen LogP contribution in [0.25, 0.3) is 16.9 Å². The Kier molecular flexibility index (Phi) is 5.09. The first-order valence-electron chi connectivity index (χ1n) is 7.84.